The zero-order chi connectivity index (χ0) is 18.0. The standard InChI is InChI=1S/C19H18Cl2N2O2/c1-2-18(24)23-8-7-12-3-5-15(9-13(12)11-23)22-19(25)16-10-14(20)4-6-17(16)21/h3-6,9-10H,2,7-8,11H2,1H3,(H,22,25). The summed E-state index contributed by atoms with van der Waals surface area (Å²) in [6, 6.07) is 10.6. The van der Waals surface area contributed by atoms with Crippen LogP contribution in [-0.4, -0.2) is 23.3 Å². The Morgan fingerprint density at radius 1 is 1.12 bits per heavy atom. The molecule has 25 heavy (non-hydrogen) atoms. The maximum absolute atomic E-state index is 12.5. The van der Waals surface area contributed by atoms with E-state index in [0.717, 1.165) is 18.5 Å². The Balaban J connectivity index is 1.79. The van der Waals surface area contributed by atoms with Crippen LogP contribution in [0.5, 0.6) is 0 Å². The molecule has 0 spiro atoms. The molecule has 0 aliphatic carbocycles. The van der Waals surface area contributed by atoms with Crippen LogP contribution in [0.2, 0.25) is 10.0 Å². The third-order valence-electron chi connectivity index (χ3n) is 4.30. The van der Waals surface area contributed by atoms with E-state index in [2.05, 4.69) is 5.32 Å². The van der Waals surface area contributed by atoms with E-state index >= 15 is 0 Å². The summed E-state index contributed by atoms with van der Waals surface area (Å²) in [5.74, 6) is -0.171. The predicted molar refractivity (Wildman–Crippen MR) is 100 cm³/mol. The summed E-state index contributed by atoms with van der Waals surface area (Å²) in [5, 5.41) is 3.65. The maximum Gasteiger partial charge on any atom is 0.257 e. The van der Waals surface area contributed by atoms with Crippen LogP contribution in [-0.2, 0) is 17.8 Å². The van der Waals surface area contributed by atoms with Crippen LogP contribution in [0.4, 0.5) is 5.69 Å². The molecule has 0 fully saturated rings. The molecular weight excluding hydrogens is 359 g/mol. The number of carbonyl (C=O) groups excluding carboxylic acids is 2. The van der Waals surface area contributed by atoms with Gasteiger partial charge in [0.05, 0.1) is 10.6 Å². The zero-order valence-electron chi connectivity index (χ0n) is 13.8. The van der Waals surface area contributed by atoms with E-state index in [1.54, 1.807) is 18.2 Å². The van der Waals surface area contributed by atoms with Gasteiger partial charge in [-0.1, -0.05) is 36.2 Å². The van der Waals surface area contributed by atoms with Gasteiger partial charge in [-0.05, 0) is 47.9 Å². The van der Waals surface area contributed by atoms with Crippen LogP contribution in [0.3, 0.4) is 0 Å². The Morgan fingerprint density at radius 2 is 1.92 bits per heavy atom. The molecule has 3 rings (SSSR count). The lowest BCUT2D eigenvalue weighted by atomic mass is 9.98. The highest BCUT2D eigenvalue weighted by Gasteiger charge is 2.20. The summed E-state index contributed by atoms with van der Waals surface area (Å²) in [4.78, 5) is 26.2. The molecule has 0 saturated heterocycles. The Labute approximate surface area is 156 Å². The molecule has 2 aromatic carbocycles. The van der Waals surface area contributed by atoms with Gasteiger partial charge in [0.2, 0.25) is 5.91 Å². The Hall–Kier alpha value is -2.04. The van der Waals surface area contributed by atoms with Crippen LogP contribution < -0.4 is 5.32 Å². The van der Waals surface area contributed by atoms with Gasteiger partial charge in [-0.15, -0.1) is 0 Å². The fraction of sp³-hybridized carbons (Fsp3) is 0.263. The maximum atomic E-state index is 12.5. The molecule has 0 saturated carbocycles. The molecule has 2 amide bonds. The first kappa shape index (κ1) is 17.8. The smallest absolute Gasteiger partial charge is 0.257 e. The third kappa shape index (κ3) is 3.97. The van der Waals surface area contributed by atoms with Gasteiger partial charge < -0.3 is 10.2 Å². The Bertz CT molecular complexity index is 836. The zero-order valence-corrected chi connectivity index (χ0v) is 15.3. The van der Waals surface area contributed by atoms with Crippen molar-refractivity contribution in [1.29, 1.82) is 0 Å². The van der Waals surface area contributed by atoms with Crippen molar-refractivity contribution in [3.8, 4) is 0 Å². The van der Waals surface area contributed by atoms with Gasteiger partial charge in [-0.2, -0.15) is 0 Å². The molecule has 4 nitrogen and oxygen atoms in total. The van der Waals surface area contributed by atoms with Crippen LogP contribution >= 0.6 is 23.2 Å². The average molecular weight is 377 g/mol. The number of rotatable bonds is 3. The van der Waals surface area contributed by atoms with Gasteiger partial charge >= 0.3 is 0 Å². The Kier molecular flexibility index (Phi) is 5.30. The van der Waals surface area contributed by atoms with Crippen molar-refractivity contribution in [3.63, 3.8) is 0 Å². The molecule has 2 aromatic rings. The summed E-state index contributed by atoms with van der Waals surface area (Å²) < 4.78 is 0. The number of anilines is 1. The number of nitrogens with zero attached hydrogens (tertiary/aromatic N) is 1. The minimum absolute atomic E-state index is 0.144. The number of nitrogens with one attached hydrogen (secondary N) is 1. The molecular formula is C19H18Cl2N2O2. The highest BCUT2D eigenvalue weighted by Crippen LogP contribution is 2.25. The van der Waals surface area contributed by atoms with Crippen molar-refractivity contribution in [1.82, 2.24) is 4.90 Å². The second-order valence-corrected chi connectivity index (χ2v) is 6.82. The minimum Gasteiger partial charge on any atom is -0.338 e. The first-order valence-electron chi connectivity index (χ1n) is 8.14. The summed E-state index contributed by atoms with van der Waals surface area (Å²) in [6.45, 7) is 3.18. The summed E-state index contributed by atoms with van der Waals surface area (Å²) in [5.41, 5.74) is 3.27. The van der Waals surface area contributed by atoms with E-state index in [0.29, 0.717) is 34.3 Å². The number of hydrogen-bond acceptors (Lipinski definition) is 2. The van der Waals surface area contributed by atoms with Crippen LogP contribution in [0.1, 0.15) is 34.8 Å². The molecule has 0 bridgehead atoms. The largest absolute Gasteiger partial charge is 0.338 e. The lowest BCUT2D eigenvalue weighted by Gasteiger charge is -2.29. The normalized spacial score (nSPS) is 13.3. The van der Waals surface area contributed by atoms with Crippen molar-refractivity contribution < 1.29 is 9.59 Å². The van der Waals surface area contributed by atoms with Gasteiger partial charge in [-0.3, -0.25) is 9.59 Å². The monoisotopic (exact) mass is 376 g/mol. The van der Waals surface area contributed by atoms with E-state index in [-0.39, 0.29) is 11.8 Å². The molecule has 130 valence electrons. The third-order valence-corrected chi connectivity index (χ3v) is 4.87. The van der Waals surface area contributed by atoms with Crippen LogP contribution in [0.25, 0.3) is 0 Å². The molecule has 0 aromatic heterocycles. The van der Waals surface area contributed by atoms with E-state index in [1.807, 2.05) is 30.0 Å². The van der Waals surface area contributed by atoms with E-state index in [1.165, 1.54) is 5.56 Å². The van der Waals surface area contributed by atoms with E-state index in [9.17, 15) is 9.59 Å². The topological polar surface area (TPSA) is 49.4 Å². The fourth-order valence-corrected chi connectivity index (χ4v) is 3.32. The van der Waals surface area contributed by atoms with Gasteiger partial charge in [0.25, 0.3) is 5.91 Å². The van der Waals surface area contributed by atoms with Crippen LogP contribution in [0.15, 0.2) is 36.4 Å². The first-order chi connectivity index (χ1) is 12.0. The number of benzene rings is 2. The SMILES string of the molecule is CCC(=O)N1CCc2ccc(NC(=O)c3cc(Cl)ccc3Cl)cc2C1. The Morgan fingerprint density at radius 3 is 2.68 bits per heavy atom. The molecule has 1 N–H and O–H groups in total. The van der Waals surface area contributed by atoms with E-state index < -0.39 is 0 Å². The molecule has 0 atom stereocenters. The predicted octanol–water partition coefficient (Wildman–Crippen LogP) is 4.54. The molecule has 1 heterocycles. The molecule has 0 radical (unpaired) electrons. The average Bonchev–Trinajstić information content (AvgIpc) is 2.62. The number of fused-ring (bicyclic) bond motifs is 1. The van der Waals surface area contributed by atoms with Crippen molar-refractivity contribution in [3.05, 3.63) is 63.1 Å². The quantitative estimate of drug-likeness (QED) is 0.854. The molecule has 1 aliphatic heterocycles. The summed E-state index contributed by atoms with van der Waals surface area (Å²) >= 11 is 12.0. The second kappa shape index (κ2) is 7.46. The number of carbonyl (C=O) groups is 2. The highest BCUT2D eigenvalue weighted by molar-refractivity contribution is 6.36. The van der Waals surface area contributed by atoms with Gasteiger partial charge in [0.15, 0.2) is 0 Å². The van der Waals surface area contributed by atoms with Gasteiger partial charge in [0.1, 0.15) is 0 Å². The lowest BCUT2D eigenvalue weighted by molar-refractivity contribution is -0.131. The van der Waals surface area contributed by atoms with Gasteiger partial charge in [0, 0.05) is 30.2 Å². The number of halogens is 2. The summed E-state index contributed by atoms with van der Waals surface area (Å²) in [7, 11) is 0. The molecule has 1 aliphatic rings. The van der Waals surface area contributed by atoms with Crippen molar-refractivity contribution in [2.75, 3.05) is 11.9 Å². The highest BCUT2D eigenvalue weighted by atomic mass is 35.5. The molecule has 0 unspecified atom stereocenters. The van der Waals surface area contributed by atoms with Crippen LogP contribution in [0, 0.1) is 0 Å². The number of hydrogen-bond donors (Lipinski definition) is 1. The minimum atomic E-state index is -0.315. The van der Waals surface area contributed by atoms with E-state index in [4.69, 9.17) is 23.2 Å². The van der Waals surface area contributed by atoms with Gasteiger partial charge in [-0.25, -0.2) is 0 Å². The number of amides is 2. The van der Waals surface area contributed by atoms with Crippen molar-refractivity contribution >= 4 is 40.7 Å². The fourth-order valence-electron chi connectivity index (χ4n) is 2.94. The lowest BCUT2D eigenvalue weighted by Crippen LogP contribution is -2.35. The second-order valence-electron chi connectivity index (χ2n) is 5.98. The first-order valence-corrected chi connectivity index (χ1v) is 8.89. The molecule has 6 heteroatoms. The van der Waals surface area contributed by atoms with Crippen molar-refractivity contribution in [2.45, 2.75) is 26.3 Å². The van der Waals surface area contributed by atoms with Crippen molar-refractivity contribution in [2.24, 2.45) is 0 Å². The summed E-state index contributed by atoms with van der Waals surface area (Å²) in [6.07, 6.45) is 1.33.